The summed E-state index contributed by atoms with van der Waals surface area (Å²) in [7, 11) is 5.07. The van der Waals surface area contributed by atoms with Crippen LogP contribution in [0.3, 0.4) is 0 Å². The summed E-state index contributed by atoms with van der Waals surface area (Å²) >= 11 is 8.26. The summed E-state index contributed by atoms with van der Waals surface area (Å²) in [6.45, 7) is 0. The summed E-state index contributed by atoms with van der Waals surface area (Å²) in [5.41, 5.74) is 3.99. The van der Waals surface area contributed by atoms with Crippen LogP contribution in [0.25, 0.3) is 10.9 Å². The molecule has 0 saturated heterocycles. The van der Waals surface area contributed by atoms with Gasteiger partial charge in [-0.2, -0.15) is 0 Å². The van der Waals surface area contributed by atoms with Crippen LogP contribution in [0.15, 0.2) is 53.4 Å². The molecule has 0 aliphatic carbocycles. The van der Waals surface area contributed by atoms with Crippen molar-refractivity contribution in [1.82, 2.24) is 14.8 Å². The van der Waals surface area contributed by atoms with Crippen molar-refractivity contribution in [3.8, 4) is 0 Å². The summed E-state index contributed by atoms with van der Waals surface area (Å²) in [5, 5.41) is 1.09. The Balaban J connectivity index is 1.96. The third-order valence-electron chi connectivity index (χ3n) is 5.54. The predicted octanol–water partition coefficient (Wildman–Crippen LogP) is 4.78. The van der Waals surface area contributed by atoms with Gasteiger partial charge in [0.25, 0.3) is 0 Å². The average Bonchev–Trinajstić information content (AvgIpc) is 3.15. The fraction of sp³-hybridized carbons (Fsp3) is 0.273. The molecule has 1 N–H and O–H groups in total. The first kappa shape index (κ1) is 21.5. The molecule has 2 aromatic carbocycles. The molecule has 1 aliphatic heterocycles. The Bertz CT molecular complexity index is 1100. The van der Waals surface area contributed by atoms with Gasteiger partial charge in [-0.25, -0.2) is 0 Å². The number of H-pyrrole nitrogens is 1. The zero-order valence-corrected chi connectivity index (χ0v) is 20.3. The molecule has 2 atom stereocenters. The highest BCUT2D eigenvalue weighted by Gasteiger charge is 2.43. The van der Waals surface area contributed by atoms with Gasteiger partial charge < -0.3 is 14.8 Å². The lowest BCUT2D eigenvalue weighted by Crippen LogP contribution is -2.54. The average molecular weight is 554 g/mol. The van der Waals surface area contributed by atoms with Gasteiger partial charge >= 0.3 is 0 Å². The molecule has 0 unspecified atom stereocenters. The van der Waals surface area contributed by atoms with Gasteiger partial charge in [-0.1, -0.05) is 39.3 Å². The number of aromatic amines is 1. The van der Waals surface area contributed by atoms with Gasteiger partial charge in [0.05, 0.1) is 6.04 Å². The lowest BCUT2D eigenvalue weighted by Gasteiger charge is -2.42. The van der Waals surface area contributed by atoms with Crippen molar-refractivity contribution in [3.63, 3.8) is 0 Å². The van der Waals surface area contributed by atoms with E-state index in [-0.39, 0.29) is 17.7 Å². The minimum atomic E-state index is -0.610. The van der Waals surface area contributed by atoms with Crippen molar-refractivity contribution < 1.29 is 9.59 Å². The molecule has 1 aromatic heterocycles. The van der Waals surface area contributed by atoms with Crippen molar-refractivity contribution in [2.24, 2.45) is 0 Å². The van der Waals surface area contributed by atoms with Gasteiger partial charge in [-0.15, -0.1) is 11.6 Å². The summed E-state index contributed by atoms with van der Waals surface area (Å²) < 4.78 is 0. The quantitative estimate of drug-likeness (QED) is 0.374. The van der Waals surface area contributed by atoms with E-state index in [2.05, 4.69) is 32.3 Å². The number of para-hydroxylation sites is 1. The molecule has 2 amide bonds. The van der Waals surface area contributed by atoms with E-state index in [1.54, 1.807) is 32.8 Å². The Labute approximate surface area is 196 Å². The number of nitrogens with one attached hydrogen (secondary N) is 1. The molecule has 30 heavy (non-hydrogen) atoms. The number of likely N-dealkylation sites (N-methyl/N-ethyl adjacent to an activating group) is 1. The summed E-state index contributed by atoms with van der Waals surface area (Å²) in [4.78, 5) is 34.1. The molecule has 4 rings (SSSR count). The van der Waals surface area contributed by atoms with Crippen LogP contribution in [-0.4, -0.2) is 52.6 Å². The number of carbonyl (C=O) groups excluding carboxylic acids is 2. The minimum absolute atomic E-state index is 0.103. The van der Waals surface area contributed by atoms with Crippen LogP contribution in [0.2, 0.25) is 0 Å². The number of carbonyl (C=O) groups is 2. The number of rotatable bonds is 4. The zero-order valence-electron chi connectivity index (χ0n) is 16.6. The first-order valence-electron chi connectivity index (χ1n) is 9.52. The van der Waals surface area contributed by atoms with Crippen LogP contribution < -0.4 is 0 Å². The second-order valence-electron chi connectivity index (χ2n) is 7.50. The standard InChI is InChI=1S/C22H21ClIN3O2S/c1-26(2)22(29)18-11-16-15-5-3-4-6-17(15)25-20(16)21(27(18)19(28)12-23)13-7-9-14(30-24)10-8-13/h3-10,18,21,25H,11-12H2,1-2H3/t18-,21+/m1/s1. The van der Waals surface area contributed by atoms with E-state index < -0.39 is 12.1 Å². The SMILES string of the molecule is CN(C)C(=O)[C@H]1Cc2c([nH]c3ccccc23)[C@H](c2ccc(SI)cc2)N1C(=O)CCl. The highest BCUT2D eigenvalue weighted by atomic mass is 127. The summed E-state index contributed by atoms with van der Waals surface area (Å²) in [6.07, 6.45) is 0.456. The number of fused-ring (bicyclic) bond motifs is 3. The monoisotopic (exact) mass is 553 g/mol. The van der Waals surface area contributed by atoms with Crippen LogP contribution in [0.5, 0.6) is 0 Å². The van der Waals surface area contributed by atoms with E-state index in [1.807, 2.05) is 42.5 Å². The number of alkyl halides is 1. The van der Waals surface area contributed by atoms with Gasteiger partial charge in [0.1, 0.15) is 11.9 Å². The van der Waals surface area contributed by atoms with Gasteiger partial charge in [-0.05, 0) is 29.3 Å². The van der Waals surface area contributed by atoms with Crippen LogP contribution >= 0.6 is 41.7 Å². The summed E-state index contributed by atoms with van der Waals surface area (Å²) in [5.74, 6) is -0.530. The zero-order chi connectivity index (χ0) is 21.4. The number of hydrogen-bond donors (Lipinski definition) is 1. The maximum Gasteiger partial charge on any atom is 0.245 e. The highest BCUT2D eigenvalue weighted by molar-refractivity contribution is 14.2. The van der Waals surface area contributed by atoms with Gasteiger partial charge in [0.15, 0.2) is 0 Å². The third-order valence-corrected chi connectivity index (χ3v) is 7.75. The van der Waals surface area contributed by atoms with Crippen molar-refractivity contribution in [3.05, 3.63) is 65.4 Å². The lowest BCUT2D eigenvalue weighted by atomic mass is 9.87. The second kappa shape index (κ2) is 8.80. The maximum atomic E-state index is 13.1. The molecular weight excluding hydrogens is 533 g/mol. The maximum absolute atomic E-state index is 13.1. The van der Waals surface area contributed by atoms with Crippen molar-refractivity contribution in [1.29, 1.82) is 0 Å². The molecule has 2 heterocycles. The predicted molar refractivity (Wildman–Crippen MR) is 130 cm³/mol. The number of amides is 2. The molecule has 8 heteroatoms. The van der Waals surface area contributed by atoms with E-state index in [1.165, 1.54) is 0 Å². The Hall–Kier alpha value is -1.71. The highest BCUT2D eigenvalue weighted by Crippen LogP contribution is 2.42. The molecule has 1 aliphatic rings. The molecular formula is C22H21ClIN3O2S. The van der Waals surface area contributed by atoms with Crippen molar-refractivity contribution >= 4 is 64.5 Å². The first-order chi connectivity index (χ1) is 14.5. The van der Waals surface area contributed by atoms with Gasteiger partial charge in [-0.3, -0.25) is 9.59 Å². The van der Waals surface area contributed by atoms with Gasteiger partial charge in [0, 0.05) is 63.2 Å². The first-order valence-corrected chi connectivity index (χ1v) is 13.4. The lowest BCUT2D eigenvalue weighted by molar-refractivity contribution is -0.145. The van der Waals surface area contributed by atoms with Crippen LogP contribution in [0.1, 0.15) is 22.9 Å². The fourth-order valence-corrected chi connectivity index (χ4v) is 5.46. The molecule has 5 nitrogen and oxygen atoms in total. The van der Waals surface area contributed by atoms with Crippen LogP contribution in [0, 0.1) is 0 Å². The molecule has 0 bridgehead atoms. The molecule has 0 fully saturated rings. The Morgan fingerprint density at radius 3 is 2.53 bits per heavy atom. The molecule has 3 aromatic rings. The van der Waals surface area contributed by atoms with Crippen LogP contribution in [0.4, 0.5) is 0 Å². The van der Waals surface area contributed by atoms with E-state index >= 15 is 0 Å². The van der Waals surface area contributed by atoms with Crippen molar-refractivity contribution in [2.45, 2.75) is 23.4 Å². The molecule has 0 radical (unpaired) electrons. The molecule has 0 spiro atoms. The van der Waals surface area contributed by atoms with Gasteiger partial charge in [0.2, 0.25) is 11.8 Å². The van der Waals surface area contributed by atoms with E-state index in [0.717, 1.165) is 32.6 Å². The fourth-order valence-electron chi connectivity index (χ4n) is 4.20. The Kier molecular flexibility index (Phi) is 6.31. The number of hydrogen-bond acceptors (Lipinski definition) is 3. The van der Waals surface area contributed by atoms with Crippen molar-refractivity contribution in [2.75, 3.05) is 20.0 Å². The third kappa shape index (κ3) is 3.71. The summed E-state index contributed by atoms with van der Waals surface area (Å²) in [6, 6.07) is 15.2. The minimum Gasteiger partial charge on any atom is -0.356 e. The largest absolute Gasteiger partial charge is 0.356 e. The van der Waals surface area contributed by atoms with E-state index in [9.17, 15) is 9.59 Å². The number of benzene rings is 2. The van der Waals surface area contributed by atoms with E-state index in [0.29, 0.717) is 6.42 Å². The smallest absolute Gasteiger partial charge is 0.245 e. The van der Waals surface area contributed by atoms with E-state index in [4.69, 9.17) is 11.6 Å². The number of nitrogens with zero attached hydrogens (tertiary/aromatic N) is 2. The normalized spacial score (nSPS) is 18.3. The molecule has 0 saturated carbocycles. The topological polar surface area (TPSA) is 56.4 Å². The molecule has 156 valence electrons. The Morgan fingerprint density at radius 1 is 1.20 bits per heavy atom. The second-order valence-corrected chi connectivity index (χ2v) is 9.71. The Morgan fingerprint density at radius 2 is 1.90 bits per heavy atom. The number of halogens is 2. The van der Waals surface area contributed by atoms with Crippen LogP contribution in [-0.2, 0) is 16.0 Å². The number of aromatic nitrogens is 1.